The second-order valence-corrected chi connectivity index (χ2v) is 13.7. The van der Waals surface area contributed by atoms with Crippen molar-refractivity contribution in [1.29, 1.82) is 0 Å². The fourth-order valence-electron chi connectivity index (χ4n) is 2.34. The molecule has 0 saturated carbocycles. The van der Waals surface area contributed by atoms with E-state index in [9.17, 15) is 21.0 Å². The fraction of sp³-hybridized carbons (Fsp3) is 1.00. The molecule has 7 nitrogen and oxygen atoms in total. The smallest absolute Gasteiger partial charge is 0.270 e. The van der Waals surface area contributed by atoms with Gasteiger partial charge in [-0.3, -0.25) is 13.3 Å². The average molecular weight is 435 g/mol. The summed E-state index contributed by atoms with van der Waals surface area (Å²) in [4.78, 5) is 0. The van der Waals surface area contributed by atoms with Crippen LogP contribution in [-0.2, 0) is 31.0 Å². The van der Waals surface area contributed by atoms with Gasteiger partial charge in [0.2, 0.25) is 0 Å². The Bertz CT molecular complexity index is 593. The van der Waals surface area contributed by atoms with Crippen LogP contribution in [0.5, 0.6) is 0 Å². The molecule has 0 aliphatic carbocycles. The third kappa shape index (κ3) is 9.77. The van der Waals surface area contributed by atoms with E-state index < -0.39 is 40.5 Å². The molecule has 10 heteroatoms. The van der Waals surface area contributed by atoms with Crippen molar-refractivity contribution >= 4 is 31.0 Å². The zero-order valence-corrected chi connectivity index (χ0v) is 18.7. The zero-order chi connectivity index (χ0) is 20.6. The van der Waals surface area contributed by atoms with Crippen molar-refractivity contribution in [3.63, 3.8) is 0 Å². The van der Waals surface area contributed by atoms with Crippen molar-refractivity contribution in [1.82, 2.24) is 0 Å². The predicted octanol–water partition coefficient (Wildman–Crippen LogP) is 3.19. The molecule has 0 aromatic carbocycles. The lowest BCUT2D eigenvalue weighted by molar-refractivity contribution is 0.423. The van der Waals surface area contributed by atoms with Gasteiger partial charge in [0.05, 0.1) is 9.49 Å². The Morgan fingerprint density at radius 2 is 0.962 bits per heavy atom. The van der Waals surface area contributed by atoms with Crippen LogP contribution < -0.4 is 0 Å². The highest BCUT2D eigenvalue weighted by molar-refractivity contribution is 7.87. The Labute approximate surface area is 161 Å². The lowest BCUT2D eigenvalue weighted by Crippen LogP contribution is -2.31. The number of hydrogen-bond donors (Lipinski definition) is 2. The van der Waals surface area contributed by atoms with E-state index in [0.29, 0.717) is 37.2 Å². The van der Waals surface area contributed by atoms with E-state index >= 15 is 0 Å². The summed E-state index contributed by atoms with van der Waals surface area (Å²) in [5.41, 5.74) is 0. The van der Waals surface area contributed by atoms with Gasteiger partial charge in [0.1, 0.15) is 0 Å². The normalized spacial score (nSPS) is 14.1. The van der Waals surface area contributed by atoms with Crippen LogP contribution >= 0.6 is 0 Å². The van der Waals surface area contributed by atoms with Crippen LogP contribution in [0.4, 0.5) is 0 Å². The maximum Gasteiger partial charge on any atom is 0.270 e. The topological polar surface area (TPSA) is 126 Å². The molecule has 0 aliphatic rings. The summed E-state index contributed by atoms with van der Waals surface area (Å²) in [7, 11) is -9.05. The summed E-state index contributed by atoms with van der Waals surface area (Å²) in [5, 5.41) is 0. The summed E-state index contributed by atoms with van der Waals surface area (Å²) >= 11 is 0. The molecule has 158 valence electrons. The Morgan fingerprint density at radius 1 is 0.654 bits per heavy atom. The number of rotatable bonds is 14. The van der Waals surface area contributed by atoms with Crippen LogP contribution in [0, 0.1) is 0 Å². The number of unbranched alkanes of at least 4 members (excludes halogenated alkanes) is 4. The highest BCUT2D eigenvalue weighted by atomic mass is 32.2. The predicted molar refractivity (Wildman–Crippen MR) is 106 cm³/mol. The summed E-state index contributed by atoms with van der Waals surface area (Å²) in [6.45, 7) is 5.96. The molecule has 0 radical (unpaired) electrons. The van der Waals surface area contributed by atoms with E-state index in [0.717, 1.165) is 25.7 Å². The maximum atomic E-state index is 11.9. The first-order valence-electron chi connectivity index (χ1n) is 8.89. The monoisotopic (exact) mass is 434 g/mol. The highest BCUT2D eigenvalue weighted by Crippen LogP contribution is 2.23. The molecule has 0 fully saturated rings. The van der Waals surface area contributed by atoms with Gasteiger partial charge >= 0.3 is 0 Å². The molecular weight excluding hydrogens is 400 g/mol. The standard InChI is InChI=1S/C16H34O7S3/c1-15(2,25(18,19)20)11-7-5-9-13-24(17)14-10-6-8-12-16(3,4)26(21,22)23/h5-14H2,1-4H3,(H,18,19,20)(H,21,22,23). The maximum absolute atomic E-state index is 11.9. The second kappa shape index (κ2) is 10.5. The Hall–Kier alpha value is -0.0300. The van der Waals surface area contributed by atoms with Crippen LogP contribution in [0.15, 0.2) is 0 Å². The molecule has 0 saturated heterocycles. The van der Waals surface area contributed by atoms with E-state index in [-0.39, 0.29) is 0 Å². The molecular formula is C16H34O7S3. The third-order valence-electron chi connectivity index (χ3n) is 4.70. The Morgan fingerprint density at radius 3 is 1.23 bits per heavy atom. The van der Waals surface area contributed by atoms with Crippen molar-refractivity contribution in [2.75, 3.05) is 11.5 Å². The van der Waals surface area contributed by atoms with Gasteiger partial charge in [0.25, 0.3) is 20.2 Å². The Kier molecular flexibility index (Phi) is 10.5. The molecule has 0 aromatic heterocycles. The molecule has 26 heavy (non-hydrogen) atoms. The van der Waals surface area contributed by atoms with Crippen molar-refractivity contribution in [2.24, 2.45) is 0 Å². The summed E-state index contributed by atoms with van der Waals surface area (Å²) in [5.74, 6) is 1.12. The first-order valence-corrected chi connectivity index (χ1v) is 13.3. The van der Waals surface area contributed by atoms with E-state index in [1.54, 1.807) is 0 Å². The van der Waals surface area contributed by atoms with Crippen molar-refractivity contribution in [3.05, 3.63) is 0 Å². The Balaban J connectivity index is 3.83. The molecule has 0 aliphatic heterocycles. The first kappa shape index (κ1) is 26.0. The van der Waals surface area contributed by atoms with Gasteiger partial charge in [0.15, 0.2) is 0 Å². The van der Waals surface area contributed by atoms with E-state index in [1.807, 2.05) is 0 Å². The van der Waals surface area contributed by atoms with E-state index in [2.05, 4.69) is 0 Å². The molecule has 0 unspecified atom stereocenters. The molecule has 0 heterocycles. The van der Waals surface area contributed by atoms with E-state index in [4.69, 9.17) is 9.11 Å². The molecule has 0 amide bonds. The molecule has 0 atom stereocenters. The lowest BCUT2D eigenvalue weighted by atomic mass is 10.0. The van der Waals surface area contributed by atoms with Gasteiger partial charge in [-0.25, -0.2) is 0 Å². The minimum absolute atomic E-state index is 0.363. The highest BCUT2D eigenvalue weighted by Gasteiger charge is 2.32. The lowest BCUT2D eigenvalue weighted by Gasteiger charge is -2.20. The average Bonchev–Trinajstić information content (AvgIpc) is 2.43. The van der Waals surface area contributed by atoms with Gasteiger partial charge in [-0.2, -0.15) is 16.8 Å². The van der Waals surface area contributed by atoms with Gasteiger partial charge in [-0.1, -0.05) is 25.7 Å². The summed E-state index contributed by atoms with van der Waals surface area (Å²) < 4.78 is 72.5. The van der Waals surface area contributed by atoms with Gasteiger partial charge < -0.3 is 0 Å². The molecule has 2 N–H and O–H groups in total. The second-order valence-electron chi connectivity index (χ2n) is 7.94. The zero-order valence-electron chi connectivity index (χ0n) is 16.2. The third-order valence-corrected chi connectivity index (χ3v) is 9.39. The molecule has 0 spiro atoms. The fourth-order valence-corrected chi connectivity index (χ4v) is 4.40. The largest absolute Gasteiger partial charge is 0.285 e. The summed E-state index contributed by atoms with van der Waals surface area (Å²) in [6.07, 6.45) is 5.02. The van der Waals surface area contributed by atoms with Crippen molar-refractivity contribution in [3.8, 4) is 0 Å². The van der Waals surface area contributed by atoms with Crippen LogP contribution in [0.1, 0.15) is 79.1 Å². The molecule has 0 aromatic rings. The van der Waals surface area contributed by atoms with Gasteiger partial charge in [0, 0.05) is 22.3 Å². The minimum Gasteiger partial charge on any atom is -0.285 e. The van der Waals surface area contributed by atoms with E-state index in [1.165, 1.54) is 27.7 Å². The van der Waals surface area contributed by atoms with Gasteiger partial charge in [-0.15, -0.1) is 0 Å². The molecule has 0 rings (SSSR count). The first-order chi connectivity index (χ1) is 11.6. The van der Waals surface area contributed by atoms with Crippen molar-refractivity contribution in [2.45, 2.75) is 88.6 Å². The van der Waals surface area contributed by atoms with Crippen LogP contribution in [0.2, 0.25) is 0 Å². The quantitative estimate of drug-likeness (QED) is 0.317. The van der Waals surface area contributed by atoms with Crippen molar-refractivity contribution < 1.29 is 30.1 Å². The van der Waals surface area contributed by atoms with Gasteiger partial charge in [-0.05, 0) is 53.4 Å². The van der Waals surface area contributed by atoms with Crippen LogP contribution in [0.3, 0.4) is 0 Å². The van der Waals surface area contributed by atoms with Crippen LogP contribution in [0.25, 0.3) is 0 Å². The summed E-state index contributed by atoms with van der Waals surface area (Å²) in [6, 6.07) is 0. The SMILES string of the molecule is CC(C)(CCCCCS(=O)CCCCCC(C)(C)S(=O)(=O)O)S(=O)(=O)O. The van der Waals surface area contributed by atoms with Crippen LogP contribution in [-0.4, -0.2) is 51.1 Å². The molecule has 0 bridgehead atoms. The minimum atomic E-state index is -4.06. The number of hydrogen-bond acceptors (Lipinski definition) is 5.